The Morgan fingerprint density at radius 2 is 2.25 bits per heavy atom. The molecule has 0 fully saturated rings. The number of carbonyl (C=O) groups excluding carboxylic acids is 1. The second kappa shape index (κ2) is 7.97. The number of rotatable bonds is 7. The van der Waals surface area contributed by atoms with Gasteiger partial charge in [0, 0.05) is 13.1 Å². The van der Waals surface area contributed by atoms with Crippen LogP contribution in [0, 0.1) is 0 Å². The molecule has 0 unspecified atom stereocenters. The molecule has 1 aromatic rings. The number of aromatic nitrogens is 2. The fourth-order valence-electron chi connectivity index (χ4n) is 1.20. The van der Waals surface area contributed by atoms with E-state index in [0.29, 0.717) is 0 Å². The zero-order valence-electron chi connectivity index (χ0n) is 10.3. The lowest BCUT2D eigenvalue weighted by Crippen LogP contribution is -2.39. The Hall–Kier alpha value is -1.46. The number of aliphatic hydroxyl groups excluding tert-OH is 1. The lowest BCUT2D eigenvalue weighted by Gasteiger charge is -2.21. The van der Waals surface area contributed by atoms with E-state index in [1.807, 2.05) is 0 Å². The molecule has 0 saturated carbocycles. The Labute approximate surface area is 116 Å². The smallest absolute Gasteiger partial charge is 0.395 e. The first-order chi connectivity index (χ1) is 9.42. The quantitative estimate of drug-likeness (QED) is 0.732. The average Bonchev–Trinajstić information content (AvgIpc) is 2.84. The summed E-state index contributed by atoms with van der Waals surface area (Å²) in [6.45, 7) is -2.09. The van der Waals surface area contributed by atoms with E-state index in [4.69, 9.17) is 5.11 Å². The molecule has 1 heterocycles. The van der Waals surface area contributed by atoms with Crippen LogP contribution in [0.3, 0.4) is 0 Å². The highest BCUT2D eigenvalue weighted by molar-refractivity contribution is 7.13. The molecule has 0 aliphatic rings. The highest BCUT2D eigenvalue weighted by atomic mass is 32.1. The van der Waals surface area contributed by atoms with E-state index in [1.165, 1.54) is 5.51 Å². The van der Waals surface area contributed by atoms with E-state index in [1.54, 1.807) is 0 Å². The molecular formula is C9H13F3N4O3S. The van der Waals surface area contributed by atoms with Crippen molar-refractivity contribution in [2.24, 2.45) is 0 Å². The van der Waals surface area contributed by atoms with E-state index in [-0.39, 0.29) is 31.4 Å². The molecular weight excluding hydrogens is 301 g/mol. The number of nitrogens with one attached hydrogen (secondary N) is 1. The van der Waals surface area contributed by atoms with Gasteiger partial charge in [-0.15, -0.1) is 10.2 Å². The first-order valence-electron chi connectivity index (χ1n) is 5.50. The second-order valence-electron chi connectivity index (χ2n) is 3.55. The van der Waals surface area contributed by atoms with E-state index in [0.717, 1.165) is 16.2 Å². The molecule has 1 rings (SSSR count). The summed E-state index contributed by atoms with van der Waals surface area (Å²) in [5, 5.41) is 18.6. The average molecular weight is 314 g/mol. The summed E-state index contributed by atoms with van der Waals surface area (Å²) in [5.41, 5.74) is 1.42. The number of amides is 2. The Morgan fingerprint density at radius 1 is 1.50 bits per heavy atom. The lowest BCUT2D eigenvalue weighted by molar-refractivity contribution is -0.174. The van der Waals surface area contributed by atoms with Crippen molar-refractivity contribution in [3.05, 3.63) is 5.51 Å². The number of halogens is 3. The number of anilines is 1. The van der Waals surface area contributed by atoms with Crippen molar-refractivity contribution >= 4 is 22.5 Å². The monoisotopic (exact) mass is 314 g/mol. The normalized spacial score (nSPS) is 11.4. The van der Waals surface area contributed by atoms with Crippen LogP contribution in [0.25, 0.3) is 0 Å². The van der Waals surface area contributed by atoms with Gasteiger partial charge in [-0.25, -0.2) is 4.79 Å². The van der Waals surface area contributed by atoms with Crippen LogP contribution < -0.4 is 5.32 Å². The molecule has 114 valence electrons. The minimum Gasteiger partial charge on any atom is -0.395 e. The number of alkyl halides is 3. The van der Waals surface area contributed by atoms with Crippen LogP contribution in [0.5, 0.6) is 0 Å². The van der Waals surface area contributed by atoms with E-state index < -0.39 is 18.8 Å². The van der Waals surface area contributed by atoms with Gasteiger partial charge in [0.15, 0.2) is 0 Å². The molecule has 0 atom stereocenters. The molecule has 0 aliphatic carbocycles. The van der Waals surface area contributed by atoms with Crippen LogP contribution in [-0.2, 0) is 4.74 Å². The van der Waals surface area contributed by atoms with Crippen molar-refractivity contribution in [3.8, 4) is 0 Å². The summed E-state index contributed by atoms with van der Waals surface area (Å²) in [7, 11) is 0. The minimum absolute atomic E-state index is 0.0278. The van der Waals surface area contributed by atoms with Crippen LogP contribution >= 0.6 is 11.3 Å². The Morgan fingerprint density at radius 3 is 2.80 bits per heavy atom. The number of carbonyl (C=O) groups is 1. The van der Waals surface area contributed by atoms with Gasteiger partial charge in [0.25, 0.3) is 0 Å². The number of aliphatic hydroxyl groups is 1. The molecule has 7 nitrogen and oxygen atoms in total. The fraction of sp³-hybridized carbons (Fsp3) is 0.667. The highest BCUT2D eigenvalue weighted by Gasteiger charge is 2.27. The molecule has 2 amide bonds. The Balaban J connectivity index is 2.37. The van der Waals surface area contributed by atoms with Crippen molar-refractivity contribution in [1.29, 1.82) is 0 Å². The van der Waals surface area contributed by atoms with Crippen molar-refractivity contribution in [2.45, 2.75) is 6.18 Å². The van der Waals surface area contributed by atoms with Gasteiger partial charge >= 0.3 is 12.2 Å². The summed E-state index contributed by atoms with van der Waals surface area (Å²) in [6, 6.07) is -0.591. The molecule has 0 aromatic carbocycles. The zero-order valence-corrected chi connectivity index (χ0v) is 11.1. The van der Waals surface area contributed by atoms with Crippen molar-refractivity contribution < 1.29 is 27.8 Å². The third-order valence-corrected chi connectivity index (χ3v) is 2.61. The van der Waals surface area contributed by atoms with Gasteiger partial charge in [0.2, 0.25) is 5.13 Å². The second-order valence-corrected chi connectivity index (χ2v) is 4.39. The minimum atomic E-state index is -4.41. The molecule has 0 spiro atoms. The van der Waals surface area contributed by atoms with Gasteiger partial charge in [0.05, 0.1) is 13.2 Å². The zero-order chi connectivity index (χ0) is 15.0. The first kappa shape index (κ1) is 16.6. The third-order valence-electron chi connectivity index (χ3n) is 2.00. The van der Waals surface area contributed by atoms with Gasteiger partial charge in [-0.1, -0.05) is 11.3 Å². The summed E-state index contributed by atoms with van der Waals surface area (Å²) < 4.78 is 40.0. The van der Waals surface area contributed by atoms with Crippen molar-refractivity contribution in [3.63, 3.8) is 0 Å². The predicted octanol–water partition coefficient (Wildman–Crippen LogP) is 0.943. The van der Waals surface area contributed by atoms with Crippen LogP contribution in [0.1, 0.15) is 0 Å². The number of hydrogen-bond donors (Lipinski definition) is 2. The van der Waals surface area contributed by atoms with Gasteiger partial charge in [0.1, 0.15) is 12.1 Å². The van der Waals surface area contributed by atoms with Gasteiger partial charge in [-0.3, -0.25) is 5.32 Å². The van der Waals surface area contributed by atoms with Crippen LogP contribution in [0.2, 0.25) is 0 Å². The largest absolute Gasteiger partial charge is 0.411 e. The Kier molecular flexibility index (Phi) is 6.61. The summed E-state index contributed by atoms with van der Waals surface area (Å²) in [6.07, 6.45) is -4.41. The topological polar surface area (TPSA) is 87.6 Å². The maximum Gasteiger partial charge on any atom is 0.411 e. The summed E-state index contributed by atoms with van der Waals surface area (Å²) in [5.74, 6) is 0. The van der Waals surface area contributed by atoms with Gasteiger partial charge in [-0.2, -0.15) is 13.2 Å². The lowest BCUT2D eigenvalue weighted by atomic mass is 10.5. The Bertz CT molecular complexity index is 402. The molecule has 0 aliphatic heterocycles. The SMILES string of the molecule is O=C(Nc1nncs1)N(CCO)CCOCC(F)(F)F. The molecule has 0 bridgehead atoms. The van der Waals surface area contributed by atoms with E-state index in [2.05, 4.69) is 20.3 Å². The van der Waals surface area contributed by atoms with Crippen LogP contribution in [0.4, 0.5) is 23.1 Å². The molecule has 1 aromatic heterocycles. The standard InChI is InChI=1S/C9H13F3N4O3S/c10-9(11,12)5-19-4-2-16(1-3-17)8(18)14-7-15-13-6-20-7/h6,17H,1-5H2,(H,14,15,18). The molecule has 0 radical (unpaired) electrons. The fourth-order valence-corrected chi connectivity index (χ4v) is 1.63. The summed E-state index contributed by atoms with van der Waals surface area (Å²) >= 11 is 1.10. The third kappa shape index (κ3) is 6.63. The van der Waals surface area contributed by atoms with Crippen LogP contribution in [0.15, 0.2) is 5.51 Å². The van der Waals surface area contributed by atoms with E-state index >= 15 is 0 Å². The summed E-state index contributed by atoms with van der Waals surface area (Å²) in [4.78, 5) is 12.9. The van der Waals surface area contributed by atoms with Gasteiger partial charge < -0.3 is 14.7 Å². The molecule has 0 saturated heterocycles. The molecule has 20 heavy (non-hydrogen) atoms. The van der Waals surface area contributed by atoms with Crippen LogP contribution in [-0.4, -0.2) is 65.3 Å². The van der Waals surface area contributed by atoms with Gasteiger partial charge in [-0.05, 0) is 0 Å². The number of nitrogens with zero attached hydrogens (tertiary/aromatic N) is 3. The number of urea groups is 1. The van der Waals surface area contributed by atoms with Crippen molar-refractivity contribution in [2.75, 3.05) is 38.2 Å². The van der Waals surface area contributed by atoms with E-state index in [9.17, 15) is 18.0 Å². The maximum absolute atomic E-state index is 11.9. The molecule has 2 N–H and O–H groups in total. The first-order valence-corrected chi connectivity index (χ1v) is 6.38. The molecule has 11 heteroatoms. The number of hydrogen-bond acceptors (Lipinski definition) is 6. The maximum atomic E-state index is 11.9. The predicted molar refractivity (Wildman–Crippen MR) is 64.5 cm³/mol. The van der Waals surface area contributed by atoms with Crippen molar-refractivity contribution in [1.82, 2.24) is 15.1 Å². The highest BCUT2D eigenvalue weighted by Crippen LogP contribution is 2.14. The number of ether oxygens (including phenoxy) is 1.